The third-order valence-corrected chi connectivity index (χ3v) is 4.68. The van der Waals surface area contributed by atoms with E-state index in [0.717, 1.165) is 0 Å². The molecular formula is C14H17NO6S. The molecule has 1 saturated carbocycles. The highest BCUT2D eigenvalue weighted by Gasteiger charge is 2.70. The number of hydrogen-bond donors (Lipinski definition) is 1. The molecule has 0 radical (unpaired) electrons. The summed E-state index contributed by atoms with van der Waals surface area (Å²) >= 11 is 4.98. The number of nitrogens with one attached hydrogen (secondary N) is 1. The number of ether oxygens (including phenoxy) is 4. The standard InChI is InChI=1S/C14H17NO6S/c1-6(16)15-13(22)20-12-10-7(4-9-14(10,2)21-9)8(5-19-12)11(17)18-3/h5,7,9-10,12H,4H2,1-3H3,(H,15,16,22). The van der Waals surface area contributed by atoms with E-state index in [1.54, 1.807) is 0 Å². The molecule has 5 unspecified atom stereocenters. The second-order valence-corrected chi connectivity index (χ2v) is 6.18. The second-order valence-electron chi connectivity index (χ2n) is 5.81. The molecule has 2 aliphatic heterocycles. The van der Waals surface area contributed by atoms with Crippen molar-refractivity contribution in [2.45, 2.75) is 38.3 Å². The minimum absolute atomic E-state index is 0.0566. The van der Waals surface area contributed by atoms with Crippen LogP contribution in [0.1, 0.15) is 20.3 Å². The number of epoxide rings is 1. The van der Waals surface area contributed by atoms with Gasteiger partial charge in [0.15, 0.2) is 0 Å². The number of fused-ring (bicyclic) bond motifs is 3. The summed E-state index contributed by atoms with van der Waals surface area (Å²) in [6.07, 6.45) is 1.42. The first kappa shape index (κ1) is 15.2. The van der Waals surface area contributed by atoms with E-state index in [1.807, 2.05) is 6.92 Å². The first-order valence-electron chi connectivity index (χ1n) is 6.96. The van der Waals surface area contributed by atoms with Crippen molar-refractivity contribution in [3.8, 4) is 0 Å². The number of carbonyl (C=O) groups excluding carboxylic acids is 2. The topological polar surface area (TPSA) is 86.4 Å². The number of carbonyl (C=O) groups is 2. The largest absolute Gasteiger partial charge is 0.466 e. The molecule has 0 spiro atoms. The van der Waals surface area contributed by atoms with E-state index in [2.05, 4.69) is 5.32 Å². The highest BCUT2D eigenvalue weighted by Crippen LogP contribution is 2.60. The molecule has 3 rings (SSSR count). The van der Waals surface area contributed by atoms with Crippen molar-refractivity contribution in [2.75, 3.05) is 7.11 Å². The van der Waals surface area contributed by atoms with E-state index in [-0.39, 0.29) is 29.0 Å². The second kappa shape index (κ2) is 5.20. The molecule has 1 saturated heterocycles. The number of methoxy groups -OCH3 is 1. The molecule has 2 heterocycles. The van der Waals surface area contributed by atoms with E-state index in [0.29, 0.717) is 12.0 Å². The van der Waals surface area contributed by atoms with Gasteiger partial charge in [-0.3, -0.25) is 10.1 Å². The van der Waals surface area contributed by atoms with E-state index < -0.39 is 17.9 Å². The molecule has 120 valence electrons. The number of thiocarbonyl (C=S) groups is 1. The summed E-state index contributed by atoms with van der Waals surface area (Å²) in [7, 11) is 1.33. The Balaban J connectivity index is 1.80. The van der Waals surface area contributed by atoms with Crippen LogP contribution in [0.3, 0.4) is 0 Å². The summed E-state index contributed by atoms with van der Waals surface area (Å²) in [5.41, 5.74) is 0.0733. The average molecular weight is 327 g/mol. The molecule has 2 fully saturated rings. The van der Waals surface area contributed by atoms with Gasteiger partial charge in [-0.05, 0) is 25.6 Å². The van der Waals surface area contributed by atoms with Gasteiger partial charge in [0.25, 0.3) is 5.17 Å². The summed E-state index contributed by atoms with van der Waals surface area (Å²) in [5.74, 6) is -0.998. The van der Waals surface area contributed by atoms with E-state index in [4.69, 9.17) is 31.2 Å². The molecule has 7 nitrogen and oxygen atoms in total. The lowest BCUT2D eigenvalue weighted by atomic mass is 9.82. The van der Waals surface area contributed by atoms with E-state index in [9.17, 15) is 9.59 Å². The number of amides is 1. The average Bonchev–Trinajstić information content (AvgIpc) is 2.99. The van der Waals surface area contributed by atoms with Crippen LogP contribution in [0.15, 0.2) is 11.8 Å². The molecule has 0 aromatic heterocycles. The molecule has 1 N–H and O–H groups in total. The zero-order valence-corrected chi connectivity index (χ0v) is 13.3. The van der Waals surface area contributed by atoms with Gasteiger partial charge in [0, 0.05) is 12.8 Å². The van der Waals surface area contributed by atoms with E-state index in [1.165, 1.54) is 20.3 Å². The maximum atomic E-state index is 11.9. The van der Waals surface area contributed by atoms with Crippen LogP contribution >= 0.6 is 12.2 Å². The van der Waals surface area contributed by atoms with Crippen molar-refractivity contribution < 1.29 is 28.5 Å². The molecule has 3 aliphatic rings. The van der Waals surface area contributed by atoms with Crippen LogP contribution in [0.25, 0.3) is 0 Å². The van der Waals surface area contributed by atoms with Crippen molar-refractivity contribution in [3.05, 3.63) is 11.8 Å². The monoisotopic (exact) mass is 327 g/mol. The maximum absolute atomic E-state index is 11.9. The zero-order chi connectivity index (χ0) is 16.1. The Morgan fingerprint density at radius 3 is 2.86 bits per heavy atom. The predicted octanol–water partition coefficient (Wildman–Crippen LogP) is 0.631. The van der Waals surface area contributed by atoms with Gasteiger partial charge in [-0.2, -0.15) is 0 Å². The Kier molecular flexibility index (Phi) is 3.60. The van der Waals surface area contributed by atoms with Crippen LogP contribution in [-0.4, -0.2) is 42.2 Å². The van der Waals surface area contributed by atoms with Crippen LogP contribution in [-0.2, 0) is 28.5 Å². The van der Waals surface area contributed by atoms with Gasteiger partial charge < -0.3 is 18.9 Å². The Bertz CT molecular complexity index is 576. The van der Waals surface area contributed by atoms with Crippen LogP contribution in [0.4, 0.5) is 0 Å². The molecule has 8 heteroatoms. The lowest BCUT2D eigenvalue weighted by Crippen LogP contribution is -2.45. The number of hydrogen-bond acceptors (Lipinski definition) is 7. The van der Waals surface area contributed by atoms with Gasteiger partial charge in [-0.1, -0.05) is 0 Å². The first-order valence-corrected chi connectivity index (χ1v) is 7.37. The smallest absolute Gasteiger partial charge is 0.337 e. The molecule has 0 aromatic carbocycles. The molecule has 0 aromatic rings. The SMILES string of the molecule is COC(=O)C1=COC(OC(=S)NC(C)=O)C2C1CC1OC12C. The van der Waals surface area contributed by atoms with Crippen molar-refractivity contribution >= 4 is 29.3 Å². The summed E-state index contributed by atoms with van der Waals surface area (Å²) in [5, 5.41) is 2.34. The third-order valence-electron chi connectivity index (χ3n) is 4.49. The van der Waals surface area contributed by atoms with Crippen molar-refractivity contribution in [3.63, 3.8) is 0 Å². The lowest BCUT2D eigenvalue weighted by Gasteiger charge is -2.36. The Labute approximate surface area is 132 Å². The zero-order valence-electron chi connectivity index (χ0n) is 12.5. The minimum atomic E-state index is -0.713. The predicted molar refractivity (Wildman–Crippen MR) is 77.3 cm³/mol. The molecule has 22 heavy (non-hydrogen) atoms. The van der Waals surface area contributed by atoms with Gasteiger partial charge in [0.2, 0.25) is 12.2 Å². The Morgan fingerprint density at radius 2 is 2.23 bits per heavy atom. The summed E-state index contributed by atoms with van der Waals surface area (Å²) in [6, 6.07) is 0. The van der Waals surface area contributed by atoms with Crippen molar-refractivity contribution in [1.82, 2.24) is 5.32 Å². The Morgan fingerprint density at radius 1 is 1.50 bits per heavy atom. The molecular weight excluding hydrogens is 310 g/mol. The lowest BCUT2D eigenvalue weighted by molar-refractivity contribution is -0.146. The van der Waals surface area contributed by atoms with Crippen LogP contribution in [0, 0.1) is 11.8 Å². The summed E-state index contributed by atoms with van der Waals surface area (Å²) < 4.78 is 21.6. The summed E-state index contributed by atoms with van der Waals surface area (Å²) in [6.45, 7) is 3.30. The fraction of sp³-hybridized carbons (Fsp3) is 0.643. The third kappa shape index (κ3) is 2.36. The highest BCUT2D eigenvalue weighted by atomic mass is 32.1. The molecule has 1 aliphatic carbocycles. The van der Waals surface area contributed by atoms with Crippen LogP contribution in [0.5, 0.6) is 0 Å². The fourth-order valence-corrected chi connectivity index (χ4v) is 3.65. The normalized spacial score (nSPS) is 37.9. The molecule has 1 amide bonds. The highest BCUT2D eigenvalue weighted by molar-refractivity contribution is 7.80. The van der Waals surface area contributed by atoms with E-state index >= 15 is 0 Å². The van der Waals surface area contributed by atoms with Crippen molar-refractivity contribution in [2.24, 2.45) is 11.8 Å². The van der Waals surface area contributed by atoms with Gasteiger partial charge in [-0.25, -0.2) is 4.79 Å². The van der Waals surface area contributed by atoms with Gasteiger partial charge in [0.05, 0.1) is 31.0 Å². The Hall–Kier alpha value is -1.67. The quantitative estimate of drug-likeness (QED) is 0.452. The minimum Gasteiger partial charge on any atom is -0.466 e. The first-order chi connectivity index (χ1) is 10.4. The fourth-order valence-electron chi connectivity index (χ4n) is 3.41. The summed E-state index contributed by atoms with van der Waals surface area (Å²) in [4.78, 5) is 22.9. The van der Waals surface area contributed by atoms with Gasteiger partial charge >= 0.3 is 5.97 Å². The number of esters is 1. The molecule has 0 bridgehead atoms. The van der Waals surface area contributed by atoms with Gasteiger partial charge in [-0.15, -0.1) is 0 Å². The van der Waals surface area contributed by atoms with Crippen molar-refractivity contribution in [1.29, 1.82) is 0 Å². The maximum Gasteiger partial charge on any atom is 0.337 e. The number of rotatable bonds is 2. The van der Waals surface area contributed by atoms with Gasteiger partial charge in [0.1, 0.15) is 5.60 Å². The van der Waals surface area contributed by atoms with Crippen LogP contribution in [0.2, 0.25) is 0 Å². The molecule has 5 atom stereocenters. The van der Waals surface area contributed by atoms with Crippen LogP contribution < -0.4 is 5.32 Å².